The number of aromatic nitrogens is 2. The summed E-state index contributed by atoms with van der Waals surface area (Å²) in [6.45, 7) is 2.99. The van der Waals surface area contributed by atoms with Crippen LogP contribution in [0.5, 0.6) is 0 Å². The van der Waals surface area contributed by atoms with Gasteiger partial charge in [0.25, 0.3) is 0 Å². The Hall–Kier alpha value is -1.61. The van der Waals surface area contributed by atoms with Crippen molar-refractivity contribution in [2.24, 2.45) is 5.73 Å². The fourth-order valence-corrected chi connectivity index (χ4v) is 2.41. The third-order valence-corrected chi connectivity index (χ3v) is 3.44. The quantitative estimate of drug-likeness (QED) is 0.811. The fourth-order valence-electron chi connectivity index (χ4n) is 2.41. The molecule has 0 amide bonds. The van der Waals surface area contributed by atoms with Crippen molar-refractivity contribution < 1.29 is 0 Å². The highest BCUT2D eigenvalue weighted by Crippen LogP contribution is 2.24. The minimum Gasteiger partial charge on any atom is -0.327 e. The Balaban J connectivity index is 2.04. The first-order valence-electron chi connectivity index (χ1n) is 6.11. The maximum atomic E-state index is 6.03. The van der Waals surface area contributed by atoms with Crippen molar-refractivity contribution in [2.75, 3.05) is 0 Å². The number of nitrogens with two attached hydrogens (primary N) is 1. The van der Waals surface area contributed by atoms with Crippen LogP contribution in [-0.4, -0.2) is 15.6 Å². The van der Waals surface area contributed by atoms with Gasteiger partial charge in [-0.05, 0) is 19.8 Å². The molecule has 2 aromatic rings. The average Bonchev–Trinajstić information content (AvgIpc) is 2.73. The van der Waals surface area contributed by atoms with Crippen molar-refractivity contribution in [3.63, 3.8) is 0 Å². The first kappa shape index (κ1) is 10.5. The summed E-state index contributed by atoms with van der Waals surface area (Å²) in [6, 6.07) is 8.77. The van der Waals surface area contributed by atoms with Gasteiger partial charge in [-0.25, -0.2) is 4.98 Å². The molecule has 3 heteroatoms. The van der Waals surface area contributed by atoms with Crippen molar-refractivity contribution in [3.05, 3.63) is 41.7 Å². The molecular weight excluding hydrogens is 210 g/mol. The van der Waals surface area contributed by atoms with Crippen LogP contribution < -0.4 is 5.73 Å². The number of benzene rings is 1. The van der Waals surface area contributed by atoms with E-state index in [0.717, 1.165) is 25.2 Å². The standard InChI is InChI=1S/C14H17N3/c1-10-2-4-11(5-3-10)14-16-8-13-7-6-12(15)9-17(13)14/h2-5,8,12H,6-7,9,15H2,1H3. The molecule has 1 aliphatic rings. The van der Waals surface area contributed by atoms with Gasteiger partial charge in [0.05, 0.1) is 0 Å². The number of hydrogen-bond donors (Lipinski definition) is 1. The third-order valence-electron chi connectivity index (χ3n) is 3.44. The summed E-state index contributed by atoms with van der Waals surface area (Å²) in [5, 5.41) is 0. The van der Waals surface area contributed by atoms with Crippen LogP contribution in [0.15, 0.2) is 30.5 Å². The third kappa shape index (κ3) is 1.87. The van der Waals surface area contributed by atoms with E-state index in [9.17, 15) is 0 Å². The van der Waals surface area contributed by atoms with E-state index < -0.39 is 0 Å². The van der Waals surface area contributed by atoms with Crippen LogP contribution in [0.2, 0.25) is 0 Å². The smallest absolute Gasteiger partial charge is 0.140 e. The van der Waals surface area contributed by atoms with E-state index in [1.807, 2.05) is 6.20 Å². The molecule has 2 N–H and O–H groups in total. The molecule has 1 aliphatic heterocycles. The summed E-state index contributed by atoms with van der Waals surface area (Å²) in [6.07, 6.45) is 4.10. The van der Waals surface area contributed by atoms with Crippen molar-refractivity contribution in [3.8, 4) is 11.4 Å². The van der Waals surface area contributed by atoms with Gasteiger partial charge in [-0.3, -0.25) is 0 Å². The van der Waals surface area contributed by atoms with E-state index in [-0.39, 0.29) is 6.04 Å². The van der Waals surface area contributed by atoms with Gasteiger partial charge in [0.15, 0.2) is 0 Å². The zero-order valence-corrected chi connectivity index (χ0v) is 10.1. The van der Waals surface area contributed by atoms with E-state index in [0.29, 0.717) is 0 Å². The normalized spacial score (nSPS) is 19.1. The molecule has 0 aliphatic carbocycles. The molecule has 0 bridgehead atoms. The molecule has 1 unspecified atom stereocenters. The van der Waals surface area contributed by atoms with Gasteiger partial charge < -0.3 is 10.3 Å². The highest BCUT2D eigenvalue weighted by molar-refractivity contribution is 5.56. The number of imidazole rings is 1. The van der Waals surface area contributed by atoms with Crippen LogP contribution in [-0.2, 0) is 13.0 Å². The van der Waals surface area contributed by atoms with Crippen LogP contribution in [0.3, 0.4) is 0 Å². The second-order valence-corrected chi connectivity index (χ2v) is 4.85. The van der Waals surface area contributed by atoms with Crippen LogP contribution in [0.4, 0.5) is 0 Å². The molecule has 3 nitrogen and oxygen atoms in total. The molecule has 88 valence electrons. The second-order valence-electron chi connectivity index (χ2n) is 4.85. The molecular formula is C14H17N3. The van der Waals surface area contributed by atoms with E-state index in [1.54, 1.807) is 0 Å². The molecule has 2 heterocycles. The minimum atomic E-state index is 0.265. The molecule has 1 atom stereocenters. The van der Waals surface area contributed by atoms with E-state index in [1.165, 1.54) is 16.8 Å². The number of nitrogens with zero attached hydrogens (tertiary/aromatic N) is 2. The molecule has 0 saturated carbocycles. The van der Waals surface area contributed by atoms with Gasteiger partial charge in [-0.1, -0.05) is 29.8 Å². The van der Waals surface area contributed by atoms with Crippen LogP contribution >= 0.6 is 0 Å². The van der Waals surface area contributed by atoms with Gasteiger partial charge in [0.1, 0.15) is 5.82 Å². The van der Waals surface area contributed by atoms with Crippen molar-refractivity contribution in [2.45, 2.75) is 32.4 Å². The number of hydrogen-bond acceptors (Lipinski definition) is 2. The maximum absolute atomic E-state index is 6.03. The van der Waals surface area contributed by atoms with Crippen LogP contribution in [0, 0.1) is 6.92 Å². The first-order chi connectivity index (χ1) is 8.24. The molecule has 0 fully saturated rings. The van der Waals surface area contributed by atoms with E-state index in [4.69, 9.17) is 5.73 Å². The van der Waals surface area contributed by atoms with Crippen molar-refractivity contribution in [1.29, 1.82) is 0 Å². The first-order valence-corrected chi connectivity index (χ1v) is 6.11. The van der Waals surface area contributed by atoms with Crippen molar-refractivity contribution >= 4 is 0 Å². The summed E-state index contributed by atoms with van der Waals surface area (Å²) < 4.78 is 2.26. The maximum Gasteiger partial charge on any atom is 0.140 e. The largest absolute Gasteiger partial charge is 0.327 e. The zero-order valence-electron chi connectivity index (χ0n) is 10.1. The molecule has 0 radical (unpaired) electrons. The molecule has 0 saturated heterocycles. The van der Waals surface area contributed by atoms with E-state index in [2.05, 4.69) is 40.7 Å². The van der Waals surface area contributed by atoms with Crippen molar-refractivity contribution in [1.82, 2.24) is 9.55 Å². The Morgan fingerprint density at radius 3 is 2.82 bits per heavy atom. The number of rotatable bonds is 1. The summed E-state index contributed by atoms with van der Waals surface area (Å²) in [5.41, 5.74) is 9.79. The highest BCUT2D eigenvalue weighted by Gasteiger charge is 2.19. The highest BCUT2D eigenvalue weighted by atomic mass is 15.1. The fraction of sp³-hybridized carbons (Fsp3) is 0.357. The summed E-state index contributed by atoms with van der Waals surface area (Å²) in [7, 11) is 0. The predicted octanol–water partition coefficient (Wildman–Crippen LogP) is 2.13. The van der Waals surface area contributed by atoms with Crippen LogP contribution in [0.1, 0.15) is 17.7 Å². The Morgan fingerprint density at radius 2 is 2.06 bits per heavy atom. The Morgan fingerprint density at radius 1 is 1.29 bits per heavy atom. The van der Waals surface area contributed by atoms with Gasteiger partial charge in [-0.15, -0.1) is 0 Å². The number of fused-ring (bicyclic) bond motifs is 1. The average molecular weight is 227 g/mol. The molecule has 0 spiro atoms. The summed E-state index contributed by atoms with van der Waals surface area (Å²) in [4.78, 5) is 4.54. The zero-order chi connectivity index (χ0) is 11.8. The molecule has 1 aromatic carbocycles. The van der Waals surface area contributed by atoms with E-state index >= 15 is 0 Å². The monoisotopic (exact) mass is 227 g/mol. The van der Waals surface area contributed by atoms with Gasteiger partial charge in [-0.2, -0.15) is 0 Å². The Kier molecular flexibility index (Phi) is 2.48. The van der Waals surface area contributed by atoms with Gasteiger partial charge in [0.2, 0.25) is 0 Å². The Labute approximate surface area is 101 Å². The Bertz CT molecular complexity index is 525. The molecule has 3 rings (SSSR count). The topological polar surface area (TPSA) is 43.8 Å². The van der Waals surface area contributed by atoms with Crippen LogP contribution in [0.25, 0.3) is 11.4 Å². The number of aryl methyl sites for hydroxylation is 2. The lowest BCUT2D eigenvalue weighted by atomic mass is 10.1. The second kappa shape index (κ2) is 4.00. The SMILES string of the molecule is Cc1ccc(-c2ncc3n2CC(N)CC3)cc1. The lowest BCUT2D eigenvalue weighted by Crippen LogP contribution is -2.31. The summed E-state index contributed by atoms with van der Waals surface area (Å²) >= 11 is 0. The van der Waals surface area contributed by atoms with Gasteiger partial charge in [0, 0.05) is 30.0 Å². The minimum absolute atomic E-state index is 0.265. The molecule has 1 aromatic heterocycles. The van der Waals surface area contributed by atoms with Gasteiger partial charge >= 0.3 is 0 Å². The lowest BCUT2D eigenvalue weighted by molar-refractivity contribution is 0.463. The predicted molar refractivity (Wildman–Crippen MR) is 68.7 cm³/mol. The molecule has 17 heavy (non-hydrogen) atoms. The lowest BCUT2D eigenvalue weighted by Gasteiger charge is -2.22. The summed E-state index contributed by atoms with van der Waals surface area (Å²) in [5.74, 6) is 1.05.